The molecule has 2 unspecified atom stereocenters. The highest BCUT2D eigenvalue weighted by molar-refractivity contribution is 5.81. The Morgan fingerprint density at radius 1 is 1.15 bits per heavy atom. The standard InChI is InChI=1S/C21H30N4O2/c26-20(14-3-1-2-4-14)21(27)24-10-9-18-15(13-24)5-8-19(23-18)25-16-6-7-17(25)12-22-11-16/h5,8,14,16-17,20,22,26H,1-4,6-7,9-13H2/t16?,17?,20-/m1/s1. The Morgan fingerprint density at radius 3 is 2.63 bits per heavy atom. The van der Waals surface area contributed by atoms with E-state index in [1.807, 2.05) is 4.90 Å². The fourth-order valence-corrected chi connectivity index (χ4v) is 5.55. The van der Waals surface area contributed by atoms with Crippen LogP contribution in [0.1, 0.15) is 49.8 Å². The monoisotopic (exact) mass is 370 g/mol. The van der Waals surface area contributed by atoms with Crippen molar-refractivity contribution >= 4 is 11.7 Å². The van der Waals surface area contributed by atoms with E-state index in [1.54, 1.807) is 0 Å². The average Bonchev–Trinajstić information content (AvgIpc) is 3.32. The minimum absolute atomic E-state index is 0.0863. The van der Waals surface area contributed by atoms with E-state index in [4.69, 9.17) is 4.98 Å². The summed E-state index contributed by atoms with van der Waals surface area (Å²) in [5.41, 5.74) is 2.27. The Morgan fingerprint density at radius 2 is 1.89 bits per heavy atom. The lowest BCUT2D eigenvalue weighted by atomic mass is 9.98. The first kappa shape index (κ1) is 17.4. The van der Waals surface area contributed by atoms with Crippen molar-refractivity contribution in [1.29, 1.82) is 0 Å². The van der Waals surface area contributed by atoms with E-state index in [2.05, 4.69) is 22.3 Å². The van der Waals surface area contributed by atoms with Crippen LogP contribution >= 0.6 is 0 Å². The van der Waals surface area contributed by atoms with Gasteiger partial charge in [-0.1, -0.05) is 18.9 Å². The zero-order chi connectivity index (χ0) is 18.4. The van der Waals surface area contributed by atoms with Gasteiger partial charge in [-0.2, -0.15) is 0 Å². The highest BCUT2D eigenvalue weighted by Gasteiger charge is 2.38. The number of pyridine rings is 1. The molecule has 1 aromatic rings. The molecular formula is C21H30N4O2. The third kappa shape index (κ3) is 3.13. The topological polar surface area (TPSA) is 68.7 Å². The number of nitrogens with zero attached hydrogens (tertiary/aromatic N) is 3. The van der Waals surface area contributed by atoms with Crippen molar-refractivity contribution in [2.75, 3.05) is 24.5 Å². The number of hydrogen-bond acceptors (Lipinski definition) is 5. The molecule has 4 heterocycles. The van der Waals surface area contributed by atoms with Gasteiger partial charge in [0.05, 0.1) is 0 Å². The van der Waals surface area contributed by atoms with Gasteiger partial charge in [0.15, 0.2) is 0 Å². The number of fused-ring (bicyclic) bond motifs is 3. The molecule has 2 bridgehead atoms. The van der Waals surface area contributed by atoms with E-state index >= 15 is 0 Å². The lowest BCUT2D eigenvalue weighted by Crippen LogP contribution is -2.52. The van der Waals surface area contributed by atoms with Crippen molar-refractivity contribution < 1.29 is 9.90 Å². The molecule has 146 valence electrons. The minimum Gasteiger partial charge on any atom is -0.383 e. The molecule has 27 heavy (non-hydrogen) atoms. The molecule has 4 aliphatic rings. The number of aliphatic hydroxyl groups is 1. The molecule has 5 rings (SSSR count). The largest absolute Gasteiger partial charge is 0.383 e. The first-order valence-corrected chi connectivity index (χ1v) is 10.7. The van der Waals surface area contributed by atoms with E-state index in [9.17, 15) is 9.90 Å². The quantitative estimate of drug-likeness (QED) is 0.843. The Balaban J connectivity index is 1.30. The van der Waals surface area contributed by atoms with Gasteiger partial charge in [0.1, 0.15) is 11.9 Å². The summed E-state index contributed by atoms with van der Waals surface area (Å²) >= 11 is 0. The zero-order valence-corrected chi connectivity index (χ0v) is 15.9. The normalized spacial score (nSPS) is 29.1. The molecule has 2 saturated heterocycles. The van der Waals surface area contributed by atoms with Gasteiger partial charge in [-0.15, -0.1) is 0 Å². The second-order valence-corrected chi connectivity index (χ2v) is 8.72. The summed E-state index contributed by atoms with van der Waals surface area (Å²) in [5, 5.41) is 14.0. The molecule has 3 atom stereocenters. The predicted molar refractivity (Wildman–Crippen MR) is 103 cm³/mol. The summed E-state index contributed by atoms with van der Waals surface area (Å²) in [6.45, 7) is 3.35. The average molecular weight is 370 g/mol. The number of aromatic nitrogens is 1. The Hall–Kier alpha value is -1.66. The maximum Gasteiger partial charge on any atom is 0.252 e. The van der Waals surface area contributed by atoms with Crippen LogP contribution in [-0.2, 0) is 17.8 Å². The van der Waals surface area contributed by atoms with Crippen LogP contribution in [0.15, 0.2) is 12.1 Å². The maximum atomic E-state index is 12.7. The molecular weight excluding hydrogens is 340 g/mol. The maximum absolute atomic E-state index is 12.7. The van der Waals surface area contributed by atoms with Crippen LogP contribution in [0, 0.1) is 5.92 Å². The molecule has 1 saturated carbocycles. The third-order valence-electron chi connectivity index (χ3n) is 7.09. The number of piperazine rings is 1. The van der Waals surface area contributed by atoms with E-state index in [1.165, 1.54) is 12.8 Å². The smallest absolute Gasteiger partial charge is 0.252 e. The second-order valence-electron chi connectivity index (χ2n) is 8.72. The van der Waals surface area contributed by atoms with Crippen LogP contribution in [0.2, 0.25) is 0 Å². The van der Waals surface area contributed by atoms with Crippen molar-refractivity contribution in [1.82, 2.24) is 15.2 Å². The van der Waals surface area contributed by atoms with Crippen LogP contribution in [0.5, 0.6) is 0 Å². The van der Waals surface area contributed by atoms with Crippen molar-refractivity contribution in [2.24, 2.45) is 5.92 Å². The molecule has 6 nitrogen and oxygen atoms in total. The molecule has 3 fully saturated rings. The van der Waals surface area contributed by atoms with Crippen LogP contribution in [0.25, 0.3) is 0 Å². The van der Waals surface area contributed by atoms with E-state index in [0.29, 0.717) is 25.2 Å². The van der Waals surface area contributed by atoms with Gasteiger partial charge in [0, 0.05) is 50.4 Å². The SMILES string of the molecule is O=C([C@H](O)C1CCCC1)N1CCc2nc(N3C4CCC3CNC4)ccc2C1. The van der Waals surface area contributed by atoms with Gasteiger partial charge >= 0.3 is 0 Å². The second kappa shape index (κ2) is 7.06. The molecule has 6 heteroatoms. The minimum atomic E-state index is -0.822. The number of rotatable bonds is 3. The lowest BCUT2D eigenvalue weighted by Gasteiger charge is -2.37. The summed E-state index contributed by atoms with van der Waals surface area (Å²) < 4.78 is 0. The first-order valence-electron chi connectivity index (χ1n) is 10.7. The predicted octanol–water partition coefficient (Wildman–Crippen LogP) is 1.46. The number of amides is 1. The highest BCUT2D eigenvalue weighted by Crippen LogP contribution is 2.33. The highest BCUT2D eigenvalue weighted by atomic mass is 16.3. The number of carbonyl (C=O) groups is 1. The van der Waals surface area contributed by atoms with Crippen LogP contribution < -0.4 is 10.2 Å². The summed E-state index contributed by atoms with van der Waals surface area (Å²) in [6, 6.07) is 5.42. The van der Waals surface area contributed by atoms with Crippen molar-refractivity contribution in [3.05, 3.63) is 23.4 Å². The van der Waals surface area contributed by atoms with E-state index < -0.39 is 6.10 Å². The molecule has 2 N–H and O–H groups in total. The van der Waals surface area contributed by atoms with Gasteiger partial charge in [-0.3, -0.25) is 4.79 Å². The van der Waals surface area contributed by atoms with Gasteiger partial charge in [-0.05, 0) is 43.2 Å². The lowest BCUT2D eigenvalue weighted by molar-refractivity contribution is -0.144. The van der Waals surface area contributed by atoms with Crippen molar-refractivity contribution in [3.63, 3.8) is 0 Å². The number of aliphatic hydroxyl groups excluding tert-OH is 1. The number of nitrogens with one attached hydrogen (secondary N) is 1. The van der Waals surface area contributed by atoms with Gasteiger partial charge in [-0.25, -0.2) is 4.98 Å². The molecule has 1 aliphatic carbocycles. The van der Waals surface area contributed by atoms with Gasteiger partial charge < -0.3 is 20.2 Å². The molecule has 3 aliphatic heterocycles. The third-order valence-corrected chi connectivity index (χ3v) is 7.09. The number of carbonyl (C=O) groups excluding carboxylic acids is 1. The summed E-state index contributed by atoms with van der Waals surface area (Å²) in [5.74, 6) is 1.17. The fourth-order valence-electron chi connectivity index (χ4n) is 5.55. The Labute approximate surface area is 160 Å². The first-order chi connectivity index (χ1) is 13.2. The Bertz CT molecular complexity index is 702. The van der Waals surface area contributed by atoms with E-state index in [-0.39, 0.29) is 11.8 Å². The van der Waals surface area contributed by atoms with E-state index in [0.717, 1.165) is 62.3 Å². The fraction of sp³-hybridized carbons (Fsp3) is 0.714. The summed E-state index contributed by atoms with van der Waals surface area (Å²) in [7, 11) is 0. The van der Waals surface area contributed by atoms with Crippen LogP contribution in [0.4, 0.5) is 5.82 Å². The number of hydrogen-bond donors (Lipinski definition) is 2. The van der Waals surface area contributed by atoms with Crippen LogP contribution in [-0.4, -0.2) is 58.7 Å². The molecule has 0 radical (unpaired) electrons. The molecule has 1 aromatic heterocycles. The van der Waals surface area contributed by atoms with Gasteiger partial charge in [0.2, 0.25) is 0 Å². The van der Waals surface area contributed by atoms with Crippen molar-refractivity contribution in [3.8, 4) is 0 Å². The summed E-state index contributed by atoms with van der Waals surface area (Å²) in [6.07, 6.45) is 6.70. The molecule has 1 amide bonds. The van der Waals surface area contributed by atoms with Crippen molar-refractivity contribution in [2.45, 2.75) is 69.7 Å². The summed E-state index contributed by atoms with van der Waals surface area (Å²) in [4.78, 5) is 22.1. The van der Waals surface area contributed by atoms with Gasteiger partial charge in [0.25, 0.3) is 5.91 Å². The van der Waals surface area contributed by atoms with Crippen LogP contribution in [0.3, 0.4) is 0 Å². The molecule has 0 spiro atoms. The zero-order valence-electron chi connectivity index (χ0n) is 15.9. The number of anilines is 1. The Kier molecular flexibility index (Phi) is 4.56. The molecule has 0 aromatic carbocycles.